The molecule has 3 atom stereocenters. The SMILES string of the molecule is CCC1CCC(O)(CNC2CCC3CCCCC3C2)CC1. The standard InChI is InChI=1S/C19H35NO/c1-2-15-9-11-19(21,12-10-15)14-20-18-8-7-16-5-3-4-6-17(16)13-18/h15-18,20-21H,2-14H2,1H3. The summed E-state index contributed by atoms with van der Waals surface area (Å²) < 4.78 is 0. The van der Waals surface area contributed by atoms with Crippen LogP contribution in [0.1, 0.15) is 84.0 Å². The lowest BCUT2D eigenvalue weighted by Gasteiger charge is -2.42. The molecule has 3 rings (SSSR count). The van der Waals surface area contributed by atoms with Crippen LogP contribution in [0.15, 0.2) is 0 Å². The van der Waals surface area contributed by atoms with Crippen LogP contribution in [-0.2, 0) is 0 Å². The summed E-state index contributed by atoms with van der Waals surface area (Å²) >= 11 is 0. The predicted molar refractivity (Wildman–Crippen MR) is 88.3 cm³/mol. The summed E-state index contributed by atoms with van der Waals surface area (Å²) in [5, 5.41) is 14.5. The molecule has 0 aromatic heterocycles. The molecule has 0 amide bonds. The average molecular weight is 293 g/mol. The van der Waals surface area contributed by atoms with Crippen LogP contribution in [0.2, 0.25) is 0 Å². The second-order valence-corrected chi connectivity index (χ2v) is 8.27. The van der Waals surface area contributed by atoms with E-state index < -0.39 is 5.60 Å². The van der Waals surface area contributed by atoms with E-state index in [2.05, 4.69) is 12.2 Å². The lowest BCUT2D eigenvalue weighted by molar-refractivity contribution is -0.0133. The van der Waals surface area contributed by atoms with Crippen molar-refractivity contribution in [1.29, 1.82) is 0 Å². The first kappa shape index (κ1) is 15.8. The Morgan fingerprint density at radius 2 is 1.67 bits per heavy atom. The van der Waals surface area contributed by atoms with Gasteiger partial charge in [-0.3, -0.25) is 0 Å². The van der Waals surface area contributed by atoms with Crippen molar-refractivity contribution in [2.24, 2.45) is 17.8 Å². The maximum atomic E-state index is 10.8. The molecule has 0 aromatic carbocycles. The van der Waals surface area contributed by atoms with Crippen LogP contribution < -0.4 is 5.32 Å². The molecule has 3 unspecified atom stereocenters. The van der Waals surface area contributed by atoms with Gasteiger partial charge in [-0.1, -0.05) is 39.0 Å². The molecule has 0 bridgehead atoms. The monoisotopic (exact) mass is 293 g/mol. The van der Waals surface area contributed by atoms with Gasteiger partial charge in [0.2, 0.25) is 0 Å². The minimum absolute atomic E-state index is 0.408. The first-order valence-corrected chi connectivity index (χ1v) is 9.64. The van der Waals surface area contributed by atoms with E-state index in [1.165, 1.54) is 64.2 Å². The van der Waals surface area contributed by atoms with Crippen molar-refractivity contribution in [3.63, 3.8) is 0 Å². The number of fused-ring (bicyclic) bond motifs is 1. The van der Waals surface area contributed by atoms with Gasteiger partial charge in [-0.2, -0.15) is 0 Å². The minimum Gasteiger partial charge on any atom is -0.389 e. The summed E-state index contributed by atoms with van der Waals surface area (Å²) in [6.07, 6.45) is 15.8. The van der Waals surface area contributed by atoms with Gasteiger partial charge in [0.1, 0.15) is 0 Å². The number of rotatable bonds is 4. The van der Waals surface area contributed by atoms with Gasteiger partial charge in [-0.25, -0.2) is 0 Å². The smallest absolute Gasteiger partial charge is 0.0771 e. The first-order chi connectivity index (χ1) is 10.2. The van der Waals surface area contributed by atoms with Crippen LogP contribution in [0.3, 0.4) is 0 Å². The Bertz CT molecular complexity index is 322. The molecule has 2 heteroatoms. The zero-order chi connectivity index (χ0) is 14.7. The Hall–Kier alpha value is -0.0800. The van der Waals surface area contributed by atoms with Crippen LogP contribution in [0.5, 0.6) is 0 Å². The van der Waals surface area contributed by atoms with E-state index in [1.54, 1.807) is 0 Å². The Labute approximate surface area is 131 Å². The Morgan fingerprint density at radius 1 is 0.952 bits per heavy atom. The largest absolute Gasteiger partial charge is 0.389 e. The fraction of sp³-hybridized carbons (Fsp3) is 1.00. The lowest BCUT2D eigenvalue weighted by Crippen LogP contribution is -2.48. The molecule has 0 saturated heterocycles. The molecular weight excluding hydrogens is 258 g/mol. The maximum Gasteiger partial charge on any atom is 0.0771 e. The molecule has 3 saturated carbocycles. The summed E-state index contributed by atoms with van der Waals surface area (Å²) in [6.45, 7) is 3.13. The van der Waals surface area contributed by atoms with Gasteiger partial charge in [0.15, 0.2) is 0 Å². The highest BCUT2D eigenvalue weighted by Crippen LogP contribution is 2.40. The predicted octanol–water partition coefficient (Wildman–Crippen LogP) is 4.27. The van der Waals surface area contributed by atoms with E-state index in [0.717, 1.165) is 37.1 Å². The zero-order valence-electron chi connectivity index (χ0n) is 13.9. The molecule has 3 aliphatic rings. The van der Waals surface area contributed by atoms with Gasteiger partial charge in [-0.15, -0.1) is 0 Å². The molecule has 3 aliphatic carbocycles. The van der Waals surface area contributed by atoms with Crippen molar-refractivity contribution in [2.75, 3.05) is 6.54 Å². The van der Waals surface area contributed by atoms with E-state index in [1.807, 2.05) is 0 Å². The van der Waals surface area contributed by atoms with Crippen LogP contribution in [-0.4, -0.2) is 23.3 Å². The summed E-state index contributed by atoms with van der Waals surface area (Å²) in [5.41, 5.74) is -0.408. The summed E-state index contributed by atoms with van der Waals surface area (Å²) in [7, 11) is 0. The van der Waals surface area contributed by atoms with Crippen molar-refractivity contribution in [3.8, 4) is 0 Å². The summed E-state index contributed by atoms with van der Waals surface area (Å²) in [4.78, 5) is 0. The first-order valence-electron chi connectivity index (χ1n) is 9.64. The summed E-state index contributed by atoms with van der Waals surface area (Å²) in [6, 6.07) is 0.678. The van der Waals surface area contributed by atoms with Crippen molar-refractivity contribution >= 4 is 0 Å². The van der Waals surface area contributed by atoms with Crippen LogP contribution in [0.4, 0.5) is 0 Å². The van der Waals surface area contributed by atoms with Crippen molar-refractivity contribution in [3.05, 3.63) is 0 Å². The van der Waals surface area contributed by atoms with Gasteiger partial charge >= 0.3 is 0 Å². The van der Waals surface area contributed by atoms with Crippen molar-refractivity contribution < 1.29 is 5.11 Å². The van der Waals surface area contributed by atoms with Crippen LogP contribution in [0.25, 0.3) is 0 Å². The normalized spacial score (nSPS) is 44.3. The van der Waals surface area contributed by atoms with Crippen molar-refractivity contribution in [2.45, 2.75) is 95.6 Å². The fourth-order valence-electron chi connectivity index (χ4n) is 5.19. The quantitative estimate of drug-likeness (QED) is 0.811. The Balaban J connectivity index is 1.43. The highest BCUT2D eigenvalue weighted by molar-refractivity contribution is 4.91. The number of hydrogen-bond acceptors (Lipinski definition) is 2. The topological polar surface area (TPSA) is 32.3 Å². The number of nitrogens with one attached hydrogen (secondary N) is 1. The fourth-order valence-corrected chi connectivity index (χ4v) is 5.19. The van der Waals surface area contributed by atoms with Gasteiger partial charge in [-0.05, 0) is 62.7 Å². The van der Waals surface area contributed by atoms with E-state index in [9.17, 15) is 5.11 Å². The van der Waals surface area contributed by atoms with Crippen LogP contribution in [0, 0.1) is 17.8 Å². The van der Waals surface area contributed by atoms with E-state index >= 15 is 0 Å². The maximum absolute atomic E-state index is 10.8. The minimum atomic E-state index is -0.408. The van der Waals surface area contributed by atoms with E-state index in [-0.39, 0.29) is 0 Å². The second kappa shape index (κ2) is 7.00. The molecule has 2 nitrogen and oxygen atoms in total. The number of aliphatic hydroxyl groups is 1. The van der Waals surface area contributed by atoms with E-state index in [4.69, 9.17) is 0 Å². The molecule has 0 radical (unpaired) electrons. The molecule has 0 spiro atoms. The van der Waals surface area contributed by atoms with Gasteiger partial charge in [0, 0.05) is 12.6 Å². The van der Waals surface area contributed by atoms with Crippen LogP contribution >= 0.6 is 0 Å². The molecule has 2 N–H and O–H groups in total. The van der Waals surface area contributed by atoms with E-state index in [0.29, 0.717) is 6.04 Å². The molecular formula is C19H35NO. The molecule has 3 fully saturated rings. The van der Waals surface area contributed by atoms with Gasteiger partial charge in [0.05, 0.1) is 5.60 Å². The zero-order valence-corrected chi connectivity index (χ0v) is 13.9. The van der Waals surface area contributed by atoms with Gasteiger partial charge < -0.3 is 10.4 Å². The Kier molecular flexibility index (Phi) is 5.27. The third kappa shape index (κ3) is 4.01. The third-order valence-corrected chi connectivity index (χ3v) is 6.87. The molecule has 21 heavy (non-hydrogen) atoms. The molecule has 0 aromatic rings. The molecule has 0 aliphatic heterocycles. The Morgan fingerprint density at radius 3 is 2.38 bits per heavy atom. The molecule has 0 heterocycles. The number of hydrogen-bond donors (Lipinski definition) is 2. The molecule has 122 valence electrons. The average Bonchev–Trinajstić information content (AvgIpc) is 2.54. The second-order valence-electron chi connectivity index (χ2n) is 8.27. The van der Waals surface area contributed by atoms with Gasteiger partial charge in [0.25, 0.3) is 0 Å². The summed E-state index contributed by atoms with van der Waals surface area (Å²) in [5.74, 6) is 2.87. The van der Waals surface area contributed by atoms with Crippen molar-refractivity contribution in [1.82, 2.24) is 5.32 Å². The highest BCUT2D eigenvalue weighted by Gasteiger charge is 2.35. The highest BCUT2D eigenvalue weighted by atomic mass is 16.3. The lowest BCUT2D eigenvalue weighted by atomic mass is 9.69. The third-order valence-electron chi connectivity index (χ3n) is 6.87.